The van der Waals surface area contributed by atoms with Crippen molar-refractivity contribution in [3.63, 3.8) is 0 Å². The van der Waals surface area contributed by atoms with Gasteiger partial charge in [-0.1, -0.05) is 6.42 Å². The van der Waals surface area contributed by atoms with Crippen LogP contribution in [0, 0.1) is 0 Å². The molecule has 2 heteroatoms. The quantitative estimate of drug-likeness (QED) is 0.535. The van der Waals surface area contributed by atoms with Gasteiger partial charge in [-0.15, -0.1) is 0 Å². The van der Waals surface area contributed by atoms with E-state index >= 15 is 0 Å². The van der Waals surface area contributed by atoms with Gasteiger partial charge in [0.15, 0.2) is 0 Å². The largest absolute Gasteiger partial charge is 0.304 e. The first-order chi connectivity index (χ1) is 4.97. The van der Waals surface area contributed by atoms with Gasteiger partial charge < -0.3 is 5.32 Å². The van der Waals surface area contributed by atoms with Crippen molar-refractivity contribution in [2.24, 2.45) is 0 Å². The summed E-state index contributed by atoms with van der Waals surface area (Å²) in [6.07, 6.45) is 5.70. The molecule has 0 aromatic carbocycles. The first kappa shape index (κ1) is 6.62. The third-order valence-corrected chi connectivity index (χ3v) is 2.72. The van der Waals surface area contributed by atoms with Crippen LogP contribution in [0.5, 0.6) is 0 Å². The Bertz CT molecular complexity index is 87.8. The molecule has 2 aliphatic rings. The van der Waals surface area contributed by atoms with Gasteiger partial charge in [0, 0.05) is 12.7 Å². The van der Waals surface area contributed by atoms with Crippen LogP contribution in [0.4, 0.5) is 0 Å². The molecule has 2 saturated heterocycles. The summed E-state index contributed by atoms with van der Waals surface area (Å²) in [7, 11) is 0. The van der Waals surface area contributed by atoms with E-state index in [-0.39, 0.29) is 0 Å². The molecular formula is C8H16N2. The van der Waals surface area contributed by atoms with Crippen molar-refractivity contribution in [2.45, 2.75) is 31.7 Å². The average Bonchev–Trinajstić information content (AvgIpc) is 2.05. The van der Waals surface area contributed by atoms with E-state index in [9.17, 15) is 0 Å². The van der Waals surface area contributed by atoms with Gasteiger partial charge in [0.2, 0.25) is 0 Å². The summed E-state index contributed by atoms with van der Waals surface area (Å²) in [4.78, 5) is 2.59. The van der Waals surface area contributed by atoms with Crippen LogP contribution < -0.4 is 5.32 Å². The predicted octanol–water partition coefficient (Wildman–Crippen LogP) is 0.792. The third kappa shape index (κ3) is 1.18. The van der Waals surface area contributed by atoms with Gasteiger partial charge in [-0.2, -0.15) is 0 Å². The van der Waals surface area contributed by atoms with Crippen LogP contribution >= 0.6 is 0 Å². The Hall–Kier alpha value is -0.0800. The molecule has 0 spiro atoms. The lowest BCUT2D eigenvalue weighted by Gasteiger charge is -2.39. The van der Waals surface area contributed by atoms with Crippen molar-refractivity contribution in [1.82, 2.24) is 10.2 Å². The maximum Gasteiger partial charge on any atom is 0.0483 e. The molecule has 0 amide bonds. The van der Waals surface area contributed by atoms with Crippen molar-refractivity contribution in [1.29, 1.82) is 0 Å². The topological polar surface area (TPSA) is 15.3 Å². The van der Waals surface area contributed by atoms with Crippen LogP contribution in [-0.2, 0) is 0 Å². The number of hydrogen-bond donors (Lipinski definition) is 1. The SMILES string of the molecule is C1CCN2CNCC[C@H]2C1. The van der Waals surface area contributed by atoms with Gasteiger partial charge in [0.25, 0.3) is 0 Å². The molecule has 2 rings (SSSR count). The van der Waals surface area contributed by atoms with Gasteiger partial charge in [-0.25, -0.2) is 0 Å². The highest BCUT2D eigenvalue weighted by molar-refractivity contribution is 4.80. The molecular weight excluding hydrogens is 124 g/mol. The highest BCUT2D eigenvalue weighted by atomic mass is 15.3. The molecule has 0 aromatic rings. The Morgan fingerprint density at radius 1 is 1.20 bits per heavy atom. The van der Waals surface area contributed by atoms with E-state index in [1.54, 1.807) is 0 Å². The Morgan fingerprint density at radius 3 is 3.10 bits per heavy atom. The molecule has 2 fully saturated rings. The maximum atomic E-state index is 3.41. The van der Waals surface area contributed by atoms with Crippen LogP contribution in [0.3, 0.4) is 0 Å². The maximum absolute atomic E-state index is 3.41. The van der Waals surface area contributed by atoms with Crippen LogP contribution in [0.25, 0.3) is 0 Å². The summed E-state index contributed by atoms with van der Waals surface area (Å²) in [5.41, 5.74) is 0. The molecule has 1 atom stereocenters. The summed E-state index contributed by atoms with van der Waals surface area (Å²) < 4.78 is 0. The number of nitrogens with one attached hydrogen (secondary N) is 1. The molecule has 2 heterocycles. The van der Waals surface area contributed by atoms with E-state index in [4.69, 9.17) is 0 Å². The summed E-state index contributed by atoms with van der Waals surface area (Å²) in [5, 5.41) is 3.41. The minimum Gasteiger partial charge on any atom is -0.304 e. The predicted molar refractivity (Wildman–Crippen MR) is 41.8 cm³/mol. The second kappa shape index (κ2) is 2.89. The van der Waals surface area contributed by atoms with Crippen LogP contribution in [0.1, 0.15) is 25.7 Å². The molecule has 2 aliphatic heterocycles. The fourth-order valence-electron chi connectivity index (χ4n) is 2.09. The second-order valence-electron chi connectivity index (χ2n) is 3.41. The molecule has 2 nitrogen and oxygen atoms in total. The first-order valence-corrected chi connectivity index (χ1v) is 4.41. The van der Waals surface area contributed by atoms with Crippen molar-refractivity contribution in [2.75, 3.05) is 19.8 Å². The smallest absolute Gasteiger partial charge is 0.0483 e. The molecule has 0 aromatic heterocycles. The van der Waals surface area contributed by atoms with E-state index in [0.29, 0.717) is 0 Å². The van der Waals surface area contributed by atoms with Crippen molar-refractivity contribution < 1.29 is 0 Å². The Labute approximate surface area is 62.6 Å². The van der Waals surface area contributed by atoms with Gasteiger partial charge >= 0.3 is 0 Å². The molecule has 58 valence electrons. The Morgan fingerprint density at radius 2 is 2.20 bits per heavy atom. The number of nitrogens with zero attached hydrogens (tertiary/aromatic N) is 1. The zero-order chi connectivity index (χ0) is 6.81. The lowest BCUT2D eigenvalue weighted by atomic mass is 9.99. The average molecular weight is 140 g/mol. The van der Waals surface area contributed by atoms with Gasteiger partial charge in [-0.05, 0) is 32.4 Å². The van der Waals surface area contributed by atoms with Crippen molar-refractivity contribution in [3.05, 3.63) is 0 Å². The van der Waals surface area contributed by atoms with E-state index in [1.165, 1.54) is 38.8 Å². The lowest BCUT2D eigenvalue weighted by Crippen LogP contribution is -2.50. The molecule has 0 saturated carbocycles. The monoisotopic (exact) mass is 140 g/mol. The highest BCUT2D eigenvalue weighted by Crippen LogP contribution is 2.20. The van der Waals surface area contributed by atoms with E-state index in [0.717, 1.165) is 12.7 Å². The minimum absolute atomic E-state index is 0.926. The zero-order valence-corrected chi connectivity index (χ0v) is 6.47. The fourth-order valence-corrected chi connectivity index (χ4v) is 2.09. The normalized spacial score (nSPS) is 35.4. The molecule has 0 radical (unpaired) electrons. The number of rotatable bonds is 0. The van der Waals surface area contributed by atoms with E-state index in [2.05, 4.69) is 10.2 Å². The highest BCUT2D eigenvalue weighted by Gasteiger charge is 2.23. The standard InChI is InChI=1S/C8H16N2/c1-2-6-10-7-9-5-4-8(10)3-1/h8-9H,1-7H2/t8-/m1/s1. The number of fused-ring (bicyclic) bond motifs is 1. The Kier molecular flexibility index (Phi) is 1.91. The second-order valence-corrected chi connectivity index (χ2v) is 3.41. The van der Waals surface area contributed by atoms with Crippen molar-refractivity contribution >= 4 is 0 Å². The molecule has 0 bridgehead atoms. The number of hydrogen-bond acceptors (Lipinski definition) is 2. The molecule has 1 N–H and O–H groups in total. The van der Waals surface area contributed by atoms with Gasteiger partial charge in [0.05, 0.1) is 0 Å². The zero-order valence-electron chi connectivity index (χ0n) is 6.47. The minimum atomic E-state index is 0.926. The van der Waals surface area contributed by atoms with Crippen LogP contribution in [-0.4, -0.2) is 30.7 Å². The van der Waals surface area contributed by atoms with Crippen LogP contribution in [0.2, 0.25) is 0 Å². The number of piperidine rings is 1. The molecule has 0 unspecified atom stereocenters. The summed E-state index contributed by atoms with van der Waals surface area (Å²) in [6.45, 7) is 3.71. The lowest BCUT2D eigenvalue weighted by molar-refractivity contribution is 0.101. The van der Waals surface area contributed by atoms with Crippen LogP contribution in [0.15, 0.2) is 0 Å². The fraction of sp³-hybridized carbons (Fsp3) is 1.00. The summed E-state index contributed by atoms with van der Waals surface area (Å²) in [5.74, 6) is 0. The van der Waals surface area contributed by atoms with Gasteiger partial charge in [-0.3, -0.25) is 4.90 Å². The van der Waals surface area contributed by atoms with E-state index < -0.39 is 0 Å². The Balaban J connectivity index is 1.93. The van der Waals surface area contributed by atoms with E-state index in [1.807, 2.05) is 0 Å². The van der Waals surface area contributed by atoms with Gasteiger partial charge in [0.1, 0.15) is 0 Å². The first-order valence-electron chi connectivity index (χ1n) is 4.41. The summed E-state index contributed by atoms with van der Waals surface area (Å²) in [6, 6.07) is 0.926. The molecule has 0 aliphatic carbocycles. The third-order valence-electron chi connectivity index (χ3n) is 2.72. The summed E-state index contributed by atoms with van der Waals surface area (Å²) >= 11 is 0. The van der Waals surface area contributed by atoms with Crippen molar-refractivity contribution in [3.8, 4) is 0 Å². The molecule has 10 heavy (non-hydrogen) atoms.